The van der Waals surface area contributed by atoms with Crippen LogP contribution < -0.4 is 0 Å². The largest absolute Gasteiger partial charge is 0.466 e. The molecule has 5 nitrogen and oxygen atoms in total. The van der Waals surface area contributed by atoms with Crippen LogP contribution in [0.2, 0.25) is 5.15 Å². The minimum absolute atomic E-state index is 0.0468. The lowest BCUT2D eigenvalue weighted by atomic mass is 10.4. The Labute approximate surface area is 111 Å². The number of carbonyl (C=O) groups excluding carboxylic acids is 1. The van der Waals surface area contributed by atoms with Gasteiger partial charge < -0.3 is 4.74 Å². The number of carbonyl (C=O) groups is 1. The van der Waals surface area contributed by atoms with E-state index in [9.17, 15) is 4.79 Å². The van der Waals surface area contributed by atoms with Gasteiger partial charge in [0.1, 0.15) is 17.4 Å². The number of pyridine rings is 1. The maximum Gasteiger partial charge on any atom is 0.313 e. The number of halogens is 2. The monoisotopic (exact) mass is 317 g/mol. The van der Waals surface area contributed by atoms with Crippen LogP contribution >= 0.6 is 27.5 Å². The molecule has 0 saturated carbocycles. The molecule has 0 atom stereocenters. The van der Waals surface area contributed by atoms with Gasteiger partial charge in [-0.25, -0.2) is 0 Å². The third-order valence-corrected chi connectivity index (χ3v) is 3.05. The average Bonchev–Trinajstić information content (AvgIpc) is 2.69. The van der Waals surface area contributed by atoms with E-state index in [1.165, 1.54) is 0 Å². The Morgan fingerprint density at radius 3 is 3.00 bits per heavy atom. The summed E-state index contributed by atoms with van der Waals surface area (Å²) >= 11 is 9.39. The highest BCUT2D eigenvalue weighted by molar-refractivity contribution is 9.10. The molecule has 0 aliphatic rings. The van der Waals surface area contributed by atoms with Gasteiger partial charge >= 0.3 is 5.97 Å². The molecule has 0 amide bonds. The predicted octanol–water partition coefficient (Wildman–Crippen LogP) is 2.25. The van der Waals surface area contributed by atoms with Crippen molar-refractivity contribution < 1.29 is 9.53 Å². The Hall–Kier alpha value is -1.14. The fourth-order valence-electron chi connectivity index (χ4n) is 1.44. The van der Waals surface area contributed by atoms with Crippen LogP contribution in [-0.2, 0) is 16.0 Å². The molecule has 0 aromatic carbocycles. The summed E-state index contributed by atoms with van der Waals surface area (Å²) in [6.45, 7) is 2.09. The highest BCUT2D eigenvalue weighted by Gasteiger charge is 2.14. The molecule has 90 valence electrons. The molecule has 0 unspecified atom stereocenters. The van der Waals surface area contributed by atoms with Gasteiger partial charge in [-0.3, -0.25) is 9.20 Å². The number of rotatable bonds is 3. The van der Waals surface area contributed by atoms with E-state index in [0.717, 1.165) is 4.47 Å². The average molecular weight is 319 g/mol. The molecular weight excluding hydrogens is 309 g/mol. The molecule has 0 spiro atoms. The van der Waals surface area contributed by atoms with E-state index < -0.39 is 0 Å². The van der Waals surface area contributed by atoms with Crippen molar-refractivity contribution in [1.82, 2.24) is 14.6 Å². The summed E-state index contributed by atoms with van der Waals surface area (Å²) < 4.78 is 7.24. The summed E-state index contributed by atoms with van der Waals surface area (Å²) in [5.74, 6) is 0.114. The number of nitrogens with zero attached hydrogens (tertiary/aromatic N) is 3. The number of ether oxygens (including phenoxy) is 1. The van der Waals surface area contributed by atoms with Gasteiger partial charge in [0.2, 0.25) is 0 Å². The Morgan fingerprint density at radius 2 is 2.29 bits per heavy atom. The molecule has 0 bridgehead atoms. The topological polar surface area (TPSA) is 56.5 Å². The molecule has 17 heavy (non-hydrogen) atoms. The van der Waals surface area contributed by atoms with Gasteiger partial charge in [-0.1, -0.05) is 11.6 Å². The first kappa shape index (κ1) is 12.3. The highest BCUT2D eigenvalue weighted by atomic mass is 79.9. The van der Waals surface area contributed by atoms with E-state index in [2.05, 4.69) is 26.1 Å². The Kier molecular flexibility index (Phi) is 3.63. The Bertz CT molecular complexity index is 570. The van der Waals surface area contributed by atoms with Gasteiger partial charge in [0.25, 0.3) is 0 Å². The van der Waals surface area contributed by atoms with Crippen molar-refractivity contribution in [3.8, 4) is 0 Å². The predicted molar refractivity (Wildman–Crippen MR) is 66.0 cm³/mol. The molecule has 0 N–H and O–H groups in total. The second-order valence-corrected chi connectivity index (χ2v) is 4.50. The van der Waals surface area contributed by atoms with Crippen molar-refractivity contribution in [2.45, 2.75) is 13.3 Å². The van der Waals surface area contributed by atoms with Gasteiger partial charge in [-0.15, -0.1) is 10.2 Å². The molecule has 0 radical (unpaired) electrons. The zero-order valence-electron chi connectivity index (χ0n) is 8.98. The van der Waals surface area contributed by atoms with Gasteiger partial charge in [-0.2, -0.15) is 0 Å². The molecule has 2 aromatic rings. The second-order valence-electron chi connectivity index (χ2n) is 3.26. The fraction of sp³-hybridized carbons (Fsp3) is 0.300. The third kappa shape index (κ3) is 2.42. The summed E-state index contributed by atoms with van der Waals surface area (Å²) in [4.78, 5) is 11.4. The minimum Gasteiger partial charge on any atom is -0.466 e. The van der Waals surface area contributed by atoms with E-state index in [0.29, 0.717) is 23.2 Å². The standard InChI is InChI=1S/C10H9BrClN3O2/c1-2-17-9(16)5-8-13-14-10-6(11)3-4-7(12)15(8)10/h3-4H,2,5H2,1H3. The van der Waals surface area contributed by atoms with Crippen molar-refractivity contribution in [2.24, 2.45) is 0 Å². The van der Waals surface area contributed by atoms with Gasteiger partial charge in [0.05, 0.1) is 11.1 Å². The van der Waals surface area contributed by atoms with Crippen molar-refractivity contribution in [1.29, 1.82) is 0 Å². The summed E-state index contributed by atoms with van der Waals surface area (Å²) in [6.07, 6.45) is 0.0468. The van der Waals surface area contributed by atoms with E-state index >= 15 is 0 Å². The quantitative estimate of drug-likeness (QED) is 0.643. The number of hydrogen-bond donors (Lipinski definition) is 0. The Morgan fingerprint density at radius 1 is 1.53 bits per heavy atom. The SMILES string of the molecule is CCOC(=O)Cc1nnc2c(Br)ccc(Cl)n12. The molecule has 0 saturated heterocycles. The van der Waals surface area contributed by atoms with Crippen LogP contribution in [0.5, 0.6) is 0 Å². The molecule has 2 aromatic heterocycles. The maximum absolute atomic E-state index is 11.4. The van der Waals surface area contributed by atoms with Crippen LogP contribution in [0.1, 0.15) is 12.7 Å². The van der Waals surface area contributed by atoms with Crippen molar-refractivity contribution in [3.63, 3.8) is 0 Å². The van der Waals surface area contributed by atoms with Gasteiger partial charge in [0, 0.05) is 0 Å². The van der Waals surface area contributed by atoms with Crippen LogP contribution in [0.25, 0.3) is 5.65 Å². The lowest BCUT2D eigenvalue weighted by Crippen LogP contribution is -2.10. The van der Waals surface area contributed by atoms with Crippen molar-refractivity contribution in [3.05, 3.63) is 27.6 Å². The summed E-state index contributed by atoms with van der Waals surface area (Å²) in [5.41, 5.74) is 0.580. The van der Waals surface area contributed by atoms with Crippen LogP contribution in [0, 0.1) is 0 Å². The Balaban J connectivity index is 2.42. The first-order valence-corrected chi connectivity index (χ1v) is 6.14. The van der Waals surface area contributed by atoms with E-state index in [1.54, 1.807) is 23.5 Å². The number of hydrogen-bond acceptors (Lipinski definition) is 4. The van der Waals surface area contributed by atoms with E-state index in [-0.39, 0.29) is 12.4 Å². The smallest absolute Gasteiger partial charge is 0.313 e. The van der Waals surface area contributed by atoms with Gasteiger partial charge in [-0.05, 0) is 35.0 Å². The molecule has 2 rings (SSSR count). The third-order valence-electron chi connectivity index (χ3n) is 2.13. The van der Waals surface area contributed by atoms with Crippen LogP contribution in [0.3, 0.4) is 0 Å². The fourth-order valence-corrected chi connectivity index (χ4v) is 2.07. The van der Waals surface area contributed by atoms with Crippen LogP contribution in [-0.4, -0.2) is 27.2 Å². The summed E-state index contributed by atoms with van der Waals surface area (Å²) in [7, 11) is 0. The first-order chi connectivity index (χ1) is 8.13. The lowest BCUT2D eigenvalue weighted by Gasteiger charge is -2.03. The van der Waals surface area contributed by atoms with Crippen LogP contribution in [0.15, 0.2) is 16.6 Å². The molecule has 0 aliphatic carbocycles. The number of aromatic nitrogens is 3. The lowest BCUT2D eigenvalue weighted by molar-refractivity contribution is -0.142. The minimum atomic E-state index is -0.349. The highest BCUT2D eigenvalue weighted by Crippen LogP contribution is 2.22. The van der Waals surface area contributed by atoms with Crippen molar-refractivity contribution >= 4 is 39.1 Å². The van der Waals surface area contributed by atoms with E-state index in [4.69, 9.17) is 16.3 Å². The zero-order valence-corrected chi connectivity index (χ0v) is 11.3. The summed E-state index contributed by atoms with van der Waals surface area (Å²) in [6, 6.07) is 3.48. The number of esters is 1. The molecule has 0 fully saturated rings. The van der Waals surface area contributed by atoms with Crippen LogP contribution in [0.4, 0.5) is 0 Å². The van der Waals surface area contributed by atoms with E-state index in [1.807, 2.05) is 0 Å². The zero-order chi connectivity index (χ0) is 12.4. The molecule has 7 heteroatoms. The molecule has 0 aliphatic heterocycles. The molecule has 2 heterocycles. The second kappa shape index (κ2) is 5.01. The number of fused-ring (bicyclic) bond motifs is 1. The first-order valence-electron chi connectivity index (χ1n) is 4.97. The maximum atomic E-state index is 11.4. The van der Waals surface area contributed by atoms with Crippen molar-refractivity contribution in [2.75, 3.05) is 6.61 Å². The molecular formula is C10H9BrClN3O2. The summed E-state index contributed by atoms with van der Waals surface area (Å²) in [5, 5.41) is 8.35. The normalized spacial score (nSPS) is 10.8. The van der Waals surface area contributed by atoms with Gasteiger partial charge in [0.15, 0.2) is 5.65 Å².